The zero-order valence-corrected chi connectivity index (χ0v) is 12.8. The molecule has 6 heteroatoms. The third-order valence-electron chi connectivity index (χ3n) is 3.18. The lowest BCUT2D eigenvalue weighted by Crippen LogP contribution is -2.36. The van der Waals surface area contributed by atoms with Gasteiger partial charge in [0.15, 0.2) is 0 Å². The zero-order valence-electron chi connectivity index (χ0n) is 11.9. The molecule has 5 nitrogen and oxygen atoms in total. The van der Waals surface area contributed by atoms with Crippen molar-refractivity contribution in [2.45, 2.75) is 18.6 Å². The van der Waals surface area contributed by atoms with E-state index in [4.69, 9.17) is 0 Å². The van der Waals surface area contributed by atoms with Crippen LogP contribution in [0.2, 0.25) is 0 Å². The maximum atomic E-state index is 12.3. The Hall–Kier alpha value is -1.94. The van der Waals surface area contributed by atoms with Gasteiger partial charge in [-0.25, -0.2) is 5.09 Å². The van der Waals surface area contributed by atoms with Crippen molar-refractivity contribution in [1.29, 1.82) is 0 Å². The molecule has 2 atom stereocenters. The summed E-state index contributed by atoms with van der Waals surface area (Å²) in [6.45, 7) is 0. The topological polar surface area (TPSA) is 86.6 Å². The predicted molar refractivity (Wildman–Crippen MR) is 84.7 cm³/mol. The van der Waals surface area contributed by atoms with Gasteiger partial charge >= 0.3 is 5.97 Å². The van der Waals surface area contributed by atoms with Crippen molar-refractivity contribution >= 4 is 13.5 Å². The highest BCUT2D eigenvalue weighted by atomic mass is 31.2. The van der Waals surface area contributed by atoms with Gasteiger partial charge in [0.2, 0.25) is 0 Å². The van der Waals surface area contributed by atoms with E-state index in [2.05, 4.69) is 5.09 Å². The summed E-state index contributed by atoms with van der Waals surface area (Å²) >= 11 is 0. The summed E-state index contributed by atoms with van der Waals surface area (Å²) in [5.41, 5.74) is 1.48. The van der Waals surface area contributed by atoms with Crippen LogP contribution in [0.15, 0.2) is 60.7 Å². The maximum absolute atomic E-state index is 12.3. The zero-order chi connectivity index (χ0) is 16.0. The van der Waals surface area contributed by atoms with Crippen LogP contribution in [0.1, 0.15) is 11.1 Å². The number of carboxylic acids is 1. The molecule has 0 amide bonds. The van der Waals surface area contributed by atoms with Gasteiger partial charge in [0.05, 0.1) is 6.16 Å². The summed E-state index contributed by atoms with van der Waals surface area (Å²) < 4.78 is 12.3. The van der Waals surface area contributed by atoms with E-state index in [1.165, 1.54) is 0 Å². The van der Waals surface area contributed by atoms with Crippen LogP contribution < -0.4 is 5.09 Å². The second kappa shape index (κ2) is 7.36. The highest BCUT2D eigenvalue weighted by molar-refractivity contribution is 7.55. The number of hydrogen-bond donors (Lipinski definition) is 3. The fourth-order valence-corrected chi connectivity index (χ4v) is 3.64. The molecule has 2 unspecified atom stereocenters. The van der Waals surface area contributed by atoms with Crippen LogP contribution in [0.3, 0.4) is 0 Å². The number of carbonyl (C=O) groups is 1. The van der Waals surface area contributed by atoms with Crippen LogP contribution in [-0.2, 0) is 21.9 Å². The first-order chi connectivity index (χ1) is 10.5. The minimum atomic E-state index is -3.79. The van der Waals surface area contributed by atoms with Gasteiger partial charge in [0, 0.05) is 0 Å². The van der Waals surface area contributed by atoms with E-state index in [0.29, 0.717) is 5.56 Å². The fraction of sp³-hybridized carbons (Fsp3) is 0.188. The summed E-state index contributed by atoms with van der Waals surface area (Å²) in [5, 5.41) is 11.7. The SMILES string of the molecule is O=C(O)C(Cc1ccccc1)NP(=O)(O)Cc1ccccc1. The Bertz CT molecular complexity index is 660. The lowest BCUT2D eigenvalue weighted by molar-refractivity contribution is -0.139. The second-order valence-corrected chi connectivity index (χ2v) is 7.03. The van der Waals surface area contributed by atoms with Crippen LogP contribution in [0, 0.1) is 0 Å². The molecule has 0 aliphatic heterocycles. The van der Waals surface area contributed by atoms with Gasteiger partial charge in [0.25, 0.3) is 7.52 Å². The first kappa shape index (κ1) is 16.4. The Kier molecular flexibility index (Phi) is 5.50. The van der Waals surface area contributed by atoms with Gasteiger partial charge in [-0.05, 0) is 17.5 Å². The summed E-state index contributed by atoms with van der Waals surface area (Å²) in [7, 11) is -3.79. The predicted octanol–water partition coefficient (Wildman–Crippen LogP) is 2.66. The molecule has 22 heavy (non-hydrogen) atoms. The molecule has 0 radical (unpaired) electrons. The Morgan fingerprint density at radius 3 is 2.00 bits per heavy atom. The van der Waals surface area contributed by atoms with Crippen LogP contribution in [0.5, 0.6) is 0 Å². The van der Waals surface area contributed by atoms with Gasteiger partial charge in [-0.15, -0.1) is 0 Å². The van der Waals surface area contributed by atoms with Gasteiger partial charge in [-0.3, -0.25) is 9.36 Å². The highest BCUT2D eigenvalue weighted by Crippen LogP contribution is 2.40. The summed E-state index contributed by atoms with van der Waals surface area (Å²) in [4.78, 5) is 21.4. The third kappa shape index (κ3) is 5.11. The van der Waals surface area contributed by atoms with E-state index in [-0.39, 0.29) is 12.6 Å². The number of aliphatic carboxylic acids is 1. The van der Waals surface area contributed by atoms with Gasteiger partial charge in [-0.1, -0.05) is 60.7 Å². The fourth-order valence-electron chi connectivity index (χ4n) is 2.16. The summed E-state index contributed by atoms with van der Waals surface area (Å²) in [6, 6.07) is 16.7. The van der Waals surface area contributed by atoms with Crippen molar-refractivity contribution in [2.24, 2.45) is 0 Å². The average Bonchev–Trinajstić information content (AvgIpc) is 2.48. The van der Waals surface area contributed by atoms with Crippen LogP contribution in [0.25, 0.3) is 0 Å². The molecule has 0 aliphatic carbocycles. The van der Waals surface area contributed by atoms with E-state index in [0.717, 1.165) is 5.56 Å². The van der Waals surface area contributed by atoms with Gasteiger partial charge in [-0.2, -0.15) is 0 Å². The highest BCUT2D eigenvalue weighted by Gasteiger charge is 2.28. The smallest absolute Gasteiger partial charge is 0.321 e. The van der Waals surface area contributed by atoms with E-state index >= 15 is 0 Å². The maximum Gasteiger partial charge on any atom is 0.321 e. The van der Waals surface area contributed by atoms with Crippen molar-refractivity contribution < 1.29 is 19.4 Å². The van der Waals surface area contributed by atoms with E-state index in [1.807, 2.05) is 12.1 Å². The Morgan fingerprint density at radius 2 is 1.50 bits per heavy atom. The lowest BCUT2D eigenvalue weighted by atomic mass is 10.1. The molecule has 2 aromatic carbocycles. The molecular formula is C16H18NO4P. The molecule has 0 bridgehead atoms. The average molecular weight is 319 g/mol. The molecule has 2 rings (SSSR count). The molecular weight excluding hydrogens is 301 g/mol. The number of benzene rings is 2. The standard InChI is InChI=1S/C16H18NO4P/c18-16(19)15(11-13-7-3-1-4-8-13)17-22(20,21)12-14-9-5-2-6-10-14/h1-10,15H,11-12H2,(H,18,19)(H2,17,20,21). The number of hydrogen-bond acceptors (Lipinski definition) is 2. The minimum Gasteiger partial charge on any atom is -0.480 e. The largest absolute Gasteiger partial charge is 0.480 e. The summed E-state index contributed by atoms with van der Waals surface area (Å²) in [6.07, 6.45) is 0.0436. The molecule has 116 valence electrons. The van der Waals surface area contributed by atoms with Crippen molar-refractivity contribution in [1.82, 2.24) is 5.09 Å². The molecule has 0 saturated heterocycles. The molecule has 3 N–H and O–H groups in total. The minimum absolute atomic E-state index is 0.105. The van der Waals surface area contributed by atoms with Crippen molar-refractivity contribution in [2.75, 3.05) is 0 Å². The molecule has 2 aromatic rings. The lowest BCUT2D eigenvalue weighted by Gasteiger charge is -2.19. The molecule has 0 spiro atoms. The van der Waals surface area contributed by atoms with Crippen molar-refractivity contribution in [3.05, 3.63) is 71.8 Å². The van der Waals surface area contributed by atoms with Crippen LogP contribution in [0.4, 0.5) is 0 Å². The van der Waals surface area contributed by atoms with E-state index < -0.39 is 19.5 Å². The molecule has 0 aliphatic rings. The Labute approximate surface area is 129 Å². The quantitative estimate of drug-likeness (QED) is 0.683. The molecule has 0 fully saturated rings. The third-order valence-corrected chi connectivity index (χ3v) is 4.69. The van der Waals surface area contributed by atoms with Crippen molar-refractivity contribution in [3.63, 3.8) is 0 Å². The monoisotopic (exact) mass is 319 g/mol. The van der Waals surface area contributed by atoms with Crippen LogP contribution in [-0.4, -0.2) is 22.0 Å². The normalized spacial score (nSPS) is 15.0. The summed E-state index contributed by atoms with van der Waals surface area (Å²) in [5.74, 6) is -1.15. The number of nitrogens with one attached hydrogen (secondary N) is 1. The second-order valence-electron chi connectivity index (χ2n) is 5.05. The number of carboxylic acid groups (broad SMARTS) is 1. The van der Waals surface area contributed by atoms with Crippen LogP contribution >= 0.6 is 7.52 Å². The molecule has 0 heterocycles. The molecule has 0 saturated carbocycles. The first-order valence-electron chi connectivity index (χ1n) is 6.86. The van der Waals surface area contributed by atoms with Gasteiger partial charge in [0.1, 0.15) is 6.04 Å². The molecule has 0 aromatic heterocycles. The van der Waals surface area contributed by atoms with Gasteiger partial charge < -0.3 is 10.00 Å². The van der Waals surface area contributed by atoms with E-state index in [1.54, 1.807) is 48.5 Å². The van der Waals surface area contributed by atoms with E-state index in [9.17, 15) is 19.4 Å². The number of rotatable bonds is 7. The first-order valence-corrected chi connectivity index (χ1v) is 8.71. The van der Waals surface area contributed by atoms with Crippen molar-refractivity contribution in [3.8, 4) is 0 Å². The Balaban J connectivity index is 2.06. The Morgan fingerprint density at radius 1 is 1.00 bits per heavy atom.